The van der Waals surface area contributed by atoms with Gasteiger partial charge in [0.2, 0.25) is 0 Å². The van der Waals surface area contributed by atoms with E-state index in [4.69, 9.17) is 5.11 Å². The van der Waals surface area contributed by atoms with Crippen molar-refractivity contribution in [3.05, 3.63) is 0 Å². The van der Waals surface area contributed by atoms with Crippen LogP contribution in [0.5, 0.6) is 0 Å². The van der Waals surface area contributed by atoms with Gasteiger partial charge in [0.1, 0.15) is 6.04 Å². The average molecular weight is 242 g/mol. The fourth-order valence-corrected chi connectivity index (χ4v) is 2.00. The first-order valence-electron chi connectivity index (χ1n) is 6.34. The predicted octanol–water partition coefficient (Wildman–Crippen LogP) is 1.68. The van der Waals surface area contributed by atoms with Crippen molar-refractivity contribution in [2.75, 3.05) is 13.1 Å². The Morgan fingerprint density at radius 2 is 1.88 bits per heavy atom. The molecule has 0 aromatic heterocycles. The van der Waals surface area contributed by atoms with Gasteiger partial charge in [0.05, 0.1) is 0 Å². The monoisotopic (exact) mass is 242 g/mol. The zero-order valence-corrected chi connectivity index (χ0v) is 10.6. The second kappa shape index (κ2) is 6.47. The van der Waals surface area contributed by atoms with Gasteiger partial charge in [-0.3, -0.25) is 0 Å². The molecule has 98 valence electrons. The van der Waals surface area contributed by atoms with Gasteiger partial charge >= 0.3 is 12.0 Å². The molecule has 1 aliphatic rings. The van der Waals surface area contributed by atoms with E-state index in [9.17, 15) is 9.59 Å². The van der Waals surface area contributed by atoms with Crippen molar-refractivity contribution in [1.29, 1.82) is 0 Å². The second-order valence-electron chi connectivity index (χ2n) is 4.70. The number of amides is 2. The molecule has 1 rings (SSSR count). The van der Waals surface area contributed by atoms with E-state index in [1.54, 1.807) is 4.90 Å². The van der Waals surface area contributed by atoms with Crippen molar-refractivity contribution in [3.63, 3.8) is 0 Å². The first kappa shape index (κ1) is 13.8. The van der Waals surface area contributed by atoms with Gasteiger partial charge in [0.25, 0.3) is 0 Å². The number of carboxylic acids is 1. The second-order valence-corrected chi connectivity index (χ2v) is 4.70. The van der Waals surface area contributed by atoms with Gasteiger partial charge in [-0.05, 0) is 25.2 Å². The maximum Gasteiger partial charge on any atom is 0.326 e. The summed E-state index contributed by atoms with van der Waals surface area (Å²) in [5.41, 5.74) is 0. The quantitative estimate of drug-likeness (QED) is 0.788. The SMILES string of the molecule is CCC(C)[C@H](NC(=O)N1CCCCC1)C(=O)O. The largest absolute Gasteiger partial charge is 0.480 e. The molecular weight excluding hydrogens is 220 g/mol. The smallest absolute Gasteiger partial charge is 0.326 e. The minimum absolute atomic E-state index is 0.0544. The number of hydrogen-bond acceptors (Lipinski definition) is 2. The highest BCUT2D eigenvalue weighted by Crippen LogP contribution is 2.11. The van der Waals surface area contributed by atoms with Gasteiger partial charge in [-0.2, -0.15) is 0 Å². The van der Waals surface area contributed by atoms with Crippen molar-refractivity contribution in [2.45, 2.75) is 45.6 Å². The number of nitrogens with zero attached hydrogens (tertiary/aromatic N) is 1. The molecule has 0 bridgehead atoms. The Morgan fingerprint density at radius 3 is 2.35 bits per heavy atom. The molecule has 0 spiro atoms. The summed E-state index contributed by atoms with van der Waals surface area (Å²) in [6.45, 7) is 5.24. The van der Waals surface area contributed by atoms with Crippen LogP contribution in [0.15, 0.2) is 0 Å². The summed E-state index contributed by atoms with van der Waals surface area (Å²) in [5.74, 6) is -1.01. The summed E-state index contributed by atoms with van der Waals surface area (Å²) in [6, 6.07) is -1.02. The third-order valence-corrected chi connectivity index (χ3v) is 3.40. The number of carboxylic acid groups (broad SMARTS) is 1. The highest BCUT2D eigenvalue weighted by molar-refractivity contribution is 5.82. The number of hydrogen-bond donors (Lipinski definition) is 2. The lowest BCUT2D eigenvalue weighted by atomic mass is 9.99. The van der Waals surface area contributed by atoms with Crippen LogP contribution in [-0.4, -0.2) is 41.1 Å². The zero-order valence-electron chi connectivity index (χ0n) is 10.6. The normalized spacial score (nSPS) is 19.5. The number of aliphatic carboxylic acids is 1. The third kappa shape index (κ3) is 3.91. The standard InChI is InChI=1S/C12H22N2O3/c1-3-9(2)10(11(15)16)13-12(17)14-7-5-4-6-8-14/h9-10H,3-8H2,1-2H3,(H,13,17)(H,15,16)/t9?,10-/m0/s1. The molecule has 1 aliphatic heterocycles. The molecule has 0 aromatic carbocycles. The van der Waals surface area contributed by atoms with Gasteiger partial charge in [0.15, 0.2) is 0 Å². The fraction of sp³-hybridized carbons (Fsp3) is 0.833. The van der Waals surface area contributed by atoms with Crippen molar-refractivity contribution < 1.29 is 14.7 Å². The van der Waals surface area contributed by atoms with Crippen LogP contribution in [0.3, 0.4) is 0 Å². The summed E-state index contributed by atoms with van der Waals surface area (Å²) in [5, 5.41) is 11.7. The first-order valence-corrected chi connectivity index (χ1v) is 6.34. The van der Waals surface area contributed by atoms with Crippen molar-refractivity contribution in [2.24, 2.45) is 5.92 Å². The summed E-state index contributed by atoms with van der Waals surface area (Å²) in [6.07, 6.45) is 3.90. The van der Waals surface area contributed by atoms with Crippen molar-refractivity contribution in [3.8, 4) is 0 Å². The van der Waals surface area contributed by atoms with E-state index in [2.05, 4.69) is 5.32 Å². The van der Waals surface area contributed by atoms with Crippen LogP contribution < -0.4 is 5.32 Å². The van der Waals surface area contributed by atoms with Crippen molar-refractivity contribution in [1.82, 2.24) is 10.2 Å². The van der Waals surface area contributed by atoms with Crippen LogP contribution in [0.2, 0.25) is 0 Å². The molecule has 0 radical (unpaired) electrons. The first-order chi connectivity index (χ1) is 8.06. The predicted molar refractivity (Wildman–Crippen MR) is 64.8 cm³/mol. The molecule has 1 heterocycles. The van der Waals surface area contributed by atoms with Gasteiger partial charge in [-0.1, -0.05) is 20.3 Å². The van der Waals surface area contributed by atoms with Crippen LogP contribution in [0.25, 0.3) is 0 Å². The molecule has 0 saturated carbocycles. The van der Waals surface area contributed by atoms with Gasteiger partial charge in [-0.25, -0.2) is 9.59 Å². The Bertz CT molecular complexity index is 275. The lowest BCUT2D eigenvalue weighted by molar-refractivity contribution is -0.140. The fourth-order valence-electron chi connectivity index (χ4n) is 2.00. The number of carbonyl (C=O) groups is 2. The van der Waals surface area contributed by atoms with E-state index in [1.165, 1.54) is 0 Å². The van der Waals surface area contributed by atoms with Gasteiger partial charge in [-0.15, -0.1) is 0 Å². The molecule has 1 fully saturated rings. The molecule has 17 heavy (non-hydrogen) atoms. The van der Waals surface area contributed by atoms with Crippen LogP contribution >= 0.6 is 0 Å². The Balaban J connectivity index is 2.53. The number of urea groups is 1. The van der Waals surface area contributed by atoms with E-state index < -0.39 is 12.0 Å². The van der Waals surface area contributed by atoms with Crippen LogP contribution in [0.4, 0.5) is 4.79 Å². The van der Waals surface area contributed by atoms with E-state index in [0.29, 0.717) is 0 Å². The van der Waals surface area contributed by atoms with E-state index in [0.717, 1.165) is 38.8 Å². The maximum absolute atomic E-state index is 11.9. The highest BCUT2D eigenvalue weighted by Gasteiger charge is 2.27. The molecule has 2 N–H and O–H groups in total. The maximum atomic E-state index is 11.9. The number of carbonyl (C=O) groups excluding carboxylic acids is 1. The molecule has 0 aromatic rings. The van der Waals surface area contributed by atoms with Gasteiger partial charge < -0.3 is 15.3 Å². The van der Waals surface area contributed by atoms with E-state index in [-0.39, 0.29) is 11.9 Å². The van der Waals surface area contributed by atoms with Crippen LogP contribution in [0, 0.1) is 5.92 Å². The molecule has 0 aliphatic carbocycles. The molecule has 1 saturated heterocycles. The Morgan fingerprint density at radius 1 is 1.29 bits per heavy atom. The Hall–Kier alpha value is -1.26. The van der Waals surface area contributed by atoms with E-state index in [1.807, 2.05) is 13.8 Å². The highest BCUT2D eigenvalue weighted by atomic mass is 16.4. The van der Waals surface area contributed by atoms with Crippen LogP contribution in [-0.2, 0) is 4.79 Å². The Labute approximate surface area is 102 Å². The summed E-state index contributed by atoms with van der Waals surface area (Å²) < 4.78 is 0. The lowest BCUT2D eigenvalue weighted by Crippen LogP contribution is -2.51. The topological polar surface area (TPSA) is 69.6 Å². The lowest BCUT2D eigenvalue weighted by Gasteiger charge is -2.29. The Kier molecular flexibility index (Phi) is 5.25. The molecule has 2 amide bonds. The number of nitrogens with one attached hydrogen (secondary N) is 1. The summed E-state index contributed by atoms with van der Waals surface area (Å²) >= 11 is 0. The summed E-state index contributed by atoms with van der Waals surface area (Å²) in [7, 11) is 0. The number of likely N-dealkylation sites (tertiary alicyclic amines) is 1. The number of rotatable bonds is 4. The molecule has 2 atom stereocenters. The number of piperidine rings is 1. The van der Waals surface area contributed by atoms with Crippen molar-refractivity contribution >= 4 is 12.0 Å². The average Bonchev–Trinajstić information content (AvgIpc) is 2.35. The van der Waals surface area contributed by atoms with Crippen LogP contribution in [0.1, 0.15) is 39.5 Å². The molecule has 5 nitrogen and oxygen atoms in total. The minimum atomic E-state index is -0.954. The zero-order chi connectivity index (χ0) is 12.8. The molecular formula is C12H22N2O3. The molecule has 5 heteroatoms. The van der Waals surface area contributed by atoms with Gasteiger partial charge in [0, 0.05) is 13.1 Å². The summed E-state index contributed by atoms with van der Waals surface area (Å²) in [4.78, 5) is 24.7. The molecule has 1 unspecified atom stereocenters. The third-order valence-electron chi connectivity index (χ3n) is 3.40. The van der Waals surface area contributed by atoms with E-state index >= 15 is 0 Å². The minimum Gasteiger partial charge on any atom is -0.480 e.